The molecule has 0 aromatic carbocycles. The number of carbonyl (C=O) groups excluding carboxylic acids is 1. The van der Waals surface area contributed by atoms with E-state index in [1.54, 1.807) is 4.90 Å². The van der Waals surface area contributed by atoms with Crippen LogP contribution in [0.15, 0.2) is 0 Å². The van der Waals surface area contributed by atoms with Gasteiger partial charge >= 0.3 is 5.97 Å². The van der Waals surface area contributed by atoms with E-state index >= 15 is 0 Å². The maximum absolute atomic E-state index is 11.8. The molecule has 1 heterocycles. The van der Waals surface area contributed by atoms with Gasteiger partial charge < -0.3 is 10.0 Å². The highest BCUT2D eigenvalue weighted by atomic mass is 16.4. The van der Waals surface area contributed by atoms with E-state index in [9.17, 15) is 14.7 Å². The first-order valence-electron chi connectivity index (χ1n) is 6.31. The van der Waals surface area contributed by atoms with E-state index in [0.29, 0.717) is 18.9 Å². The van der Waals surface area contributed by atoms with Crippen molar-refractivity contribution in [1.82, 2.24) is 4.90 Å². The molecule has 4 atom stereocenters. The van der Waals surface area contributed by atoms with E-state index in [1.807, 2.05) is 0 Å². The Morgan fingerprint density at radius 1 is 1.35 bits per heavy atom. The van der Waals surface area contributed by atoms with E-state index in [4.69, 9.17) is 0 Å². The number of carbonyl (C=O) groups is 2. The summed E-state index contributed by atoms with van der Waals surface area (Å²) in [5.41, 5.74) is -1.18. The molecule has 4 heteroatoms. The molecule has 3 fully saturated rings. The third-order valence-electron chi connectivity index (χ3n) is 6.29. The van der Waals surface area contributed by atoms with Gasteiger partial charge in [0.15, 0.2) is 0 Å². The standard InChI is InChI=1S/C13H19NO3/c1-8(15)14-7-11(2)9-4-5-12(11,3)13(14,6-9)10(16)17/h9H,4-7H2,1-3H3,(H,16,17)/t9?,11?,12?,13-/m1/s1. The van der Waals surface area contributed by atoms with Gasteiger partial charge in [-0.15, -0.1) is 0 Å². The molecule has 0 spiro atoms. The molecule has 1 saturated heterocycles. The van der Waals surface area contributed by atoms with Crippen LogP contribution >= 0.6 is 0 Å². The molecule has 2 saturated carbocycles. The van der Waals surface area contributed by atoms with Gasteiger partial charge in [-0.05, 0) is 30.6 Å². The van der Waals surface area contributed by atoms with Crippen LogP contribution in [0.3, 0.4) is 0 Å². The Hall–Kier alpha value is -1.06. The first-order valence-corrected chi connectivity index (χ1v) is 6.31. The summed E-state index contributed by atoms with van der Waals surface area (Å²) < 4.78 is 0. The lowest BCUT2D eigenvalue weighted by Crippen LogP contribution is -2.60. The predicted molar refractivity (Wildman–Crippen MR) is 61.3 cm³/mol. The van der Waals surface area contributed by atoms with Crippen LogP contribution in [0.5, 0.6) is 0 Å². The van der Waals surface area contributed by atoms with Gasteiger partial charge in [-0.1, -0.05) is 13.8 Å². The predicted octanol–water partition coefficient (Wildman–Crippen LogP) is 1.50. The number of amides is 1. The highest BCUT2D eigenvalue weighted by Gasteiger charge is 2.80. The zero-order valence-corrected chi connectivity index (χ0v) is 10.6. The van der Waals surface area contributed by atoms with Crippen molar-refractivity contribution in [3.63, 3.8) is 0 Å². The molecule has 4 bridgehead atoms. The third-order valence-corrected chi connectivity index (χ3v) is 6.29. The zero-order valence-electron chi connectivity index (χ0n) is 10.6. The van der Waals surface area contributed by atoms with Gasteiger partial charge in [0, 0.05) is 18.9 Å². The van der Waals surface area contributed by atoms with Crippen molar-refractivity contribution in [3.05, 3.63) is 0 Å². The van der Waals surface area contributed by atoms with Crippen LogP contribution in [0.4, 0.5) is 0 Å². The highest BCUT2D eigenvalue weighted by molar-refractivity contribution is 5.89. The number of aliphatic carboxylic acids is 1. The van der Waals surface area contributed by atoms with Crippen LogP contribution in [-0.4, -0.2) is 34.0 Å². The van der Waals surface area contributed by atoms with Crippen molar-refractivity contribution in [2.75, 3.05) is 6.54 Å². The number of carboxylic acids is 1. The Labute approximate surface area is 101 Å². The van der Waals surface area contributed by atoms with Gasteiger partial charge in [-0.3, -0.25) is 4.79 Å². The van der Waals surface area contributed by atoms with E-state index in [2.05, 4.69) is 13.8 Å². The summed E-state index contributed by atoms with van der Waals surface area (Å²) in [6, 6.07) is 0. The maximum atomic E-state index is 11.8. The number of piperidine rings is 1. The maximum Gasteiger partial charge on any atom is 0.330 e. The van der Waals surface area contributed by atoms with Crippen LogP contribution in [0.25, 0.3) is 0 Å². The summed E-state index contributed by atoms with van der Waals surface area (Å²) >= 11 is 0. The van der Waals surface area contributed by atoms with Gasteiger partial charge in [-0.2, -0.15) is 0 Å². The second-order valence-electron chi connectivity index (χ2n) is 6.46. The van der Waals surface area contributed by atoms with Crippen LogP contribution in [0, 0.1) is 16.7 Å². The largest absolute Gasteiger partial charge is 0.479 e. The minimum Gasteiger partial charge on any atom is -0.479 e. The van der Waals surface area contributed by atoms with Crippen molar-refractivity contribution in [3.8, 4) is 0 Å². The lowest BCUT2D eigenvalue weighted by atomic mass is 9.65. The number of nitrogens with zero attached hydrogens (tertiary/aromatic N) is 1. The molecule has 1 aliphatic heterocycles. The molecule has 3 unspecified atom stereocenters. The number of hydrogen-bond acceptors (Lipinski definition) is 2. The molecule has 4 nitrogen and oxygen atoms in total. The van der Waals surface area contributed by atoms with Gasteiger partial charge in [0.05, 0.1) is 0 Å². The summed E-state index contributed by atoms with van der Waals surface area (Å²) in [7, 11) is 0. The molecular weight excluding hydrogens is 218 g/mol. The monoisotopic (exact) mass is 237 g/mol. The number of hydrogen-bond donors (Lipinski definition) is 1. The van der Waals surface area contributed by atoms with Crippen LogP contribution in [0.1, 0.15) is 40.0 Å². The van der Waals surface area contributed by atoms with Gasteiger partial charge in [0.1, 0.15) is 5.54 Å². The van der Waals surface area contributed by atoms with Gasteiger partial charge in [-0.25, -0.2) is 4.79 Å². The molecule has 0 aromatic heterocycles. The summed E-state index contributed by atoms with van der Waals surface area (Å²) in [6.45, 7) is 6.37. The Bertz CT molecular complexity index is 434. The molecule has 0 radical (unpaired) electrons. The van der Waals surface area contributed by atoms with E-state index in [1.165, 1.54) is 6.92 Å². The Morgan fingerprint density at radius 2 is 2.00 bits per heavy atom. The summed E-state index contributed by atoms with van der Waals surface area (Å²) in [5.74, 6) is -0.428. The van der Waals surface area contributed by atoms with Crippen LogP contribution in [-0.2, 0) is 9.59 Å². The summed E-state index contributed by atoms with van der Waals surface area (Å²) in [5, 5.41) is 9.72. The molecule has 17 heavy (non-hydrogen) atoms. The van der Waals surface area contributed by atoms with E-state index in [-0.39, 0.29) is 16.7 Å². The number of carboxylic acid groups (broad SMARTS) is 1. The molecular formula is C13H19NO3. The van der Waals surface area contributed by atoms with Crippen molar-refractivity contribution >= 4 is 11.9 Å². The fourth-order valence-electron chi connectivity index (χ4n) is 5.10. The quantitative estimate of drug-likeness (QED) is 0.752. The molecule has 3 aliphatic rings. The zero-order chi connectivity index (χ0) is 12.6. The Morgan fingerprint density at radius 3 is 2.47 bits per heavy atom. The molecule has 1 N–H and O–H groups in total. The lowest BCUT2D eigenvalue weighted by molar-refractivity contribution is -0.163. The van der Waals surface area contributed by atoms with Crippen molar-refractivity contribution in [1.29, 1.82) is 0 Å². The van der Waals surface area contributed by atoms with Crippen molar-refractivity contribution in [2.24, 2.45) is 16.7 Å². The second-order valence-corrected chi connectivity index (χ2v) is 6.46. The molecule has 94 valence electrons. The second kappa shape index (κ2) is 2.68. The number of rotatable bonds is 1. The average molecular weight is 237 g/mol. The first-order chi connectivity index (χ1) is 7.79. The fourth-order valence-corrected chi connectivity index (χ4v) is 5.10. The molecule has 0 aromatic rings. The first kappa shape index (κ1) is 11.1. The van der Waals surface area contributed by atoms with Gasteiger partial charge in [0.2, 0.25) is 5.91 Å². The van der Waals surface area contributed by atoms with E-state index < -0.39 is 11.5 Å². The molecule has 3 rings (SSSR count). The number of likely N-dealkylation sites (tertiary alicyclic amines) is 1. The van der Waals surface area contributed by atoms with Crippen molar-refractivity contribution in [2.45, 2.75) is 45.6 Å². The lowest BCUT2D eigenvalue weighted by Gasteiger charge is -2.44. The Kier molecular flexibility index (Phi) is 1.74. The minimum absolute atomic E-state index is 0.00292. The highest BCUT2D eigenvalue weighted by Crippen LogP contribution is 2.75. The topological polar surface area (TPSA) is 57.6 Å². The SMILES string of the molecule is CC(=O)N1CC2(C)C3CCC2(C)[C@]1(C(=O)O)C3. The smallest absolute Gasteiger partial charge is 0.330 e. The normalized spacial score (nSPS) is 51.0. The molecule has 2 aliphatic carbocycles. The average Bonchev–Trinajstić information content (AvgIpc) is 2.68. The third kappa shape index (κ3) is 0.829. The summed E-state index contributed by atoms with van der Waals surface area (Å²) in [4.78, 5) is 25.2. The molecule has 1 amide bonds. The van der Waals surface area contributed by atoms with Crippen molar-refractivity contribution < 1.29 is 14.7 Å². The van der Waals surface area contributed by atoms with E-state index in [0.717, 1.165) is 12.8 Å². The van der Waals surface area contributed by atoms with Crippen LogP contribution in [0.2, 0.25) is 0 Å². The summed E-state index contributed by atoms with van der Waals surface area (Å²) in [6.07, 6.45) is 2.70. The Balaban J connectivity index is 2.21. The fraction of sp³-hybridized carbons (Fsp3) is 0.846. The van der Waals surface area contributed by atoms with Gasteiger partial charge in [0.25, 0.3) is 0 Å². The minimum atomic E-state index is -0.934. The van der Waals surface area contributed by atoms with Crippen LogP contribution < -0.4 is 0 Å².